The van der Waals surface area contributed by atoms with Gasteiger partial charge in [0.25, 0.3) is 0 Å². The molecule has 2 N–H and O–H groups in total. The molecule has 0 saturated carbocycles. The number of aromatic nitrogens is 1. The van der Waals surface area contributed by atoms with E-state index in [1.54, 1.807) is 11.3 Å². The summed E-state index contributed by atoms with van der Waals surface area (Å²) >= 11 is 1.77. The first-order chi connectivity index (χ1) is 7.21. The second kappa shape index (κ2) is 7.87. The van der Waals surface area contributed by atoms with Crippen LogP contribution >= 0.6 is 23.7 Å². The number of halogens is 1. The van der Waals surface area contributed by atoms with Crippen LogP contribution in [0.15, 0.2) is 6.20 Å². The number of thiazole rings is 1. The first-order valence-corrected chi connectivity index (χ1v) is 6.48. The van der Waals surface area contributed by atoms with Crippen molar-refractivity contribution < 1.29 is 0 Å². The largest absolute Gasteiger partial charge is 0.349 e. The number of hydrogen-bond donors (Lipinski definition) is 1. The van der Waals surface area contributed by atoms with Gasteiger partial charge in [-0.1, -0.05) is 6.92 Å². The molecule has 1 aromatic heterocycles. The van der Waals surface area contributed by atoms with Gasteiger partial charge in [0.05, 0.1) is 0 Å². The maximum atomic E-state index is 5.92. The molecule has 1 rings (SSSR count). The molecule has 16 heavy (non-hydrogen) atoms. The van der Waals surface area contributed by atoms with Gasteiger partial charge >= 0.3 is 0 Å². The van der Waals surface area contributed by atoms with E-state index in [9.17, 15) is 0 Å². The highest BCUT2D eigenvalue weighted by Crippen LogP contribution is 2.23. The Morgan fingerprint density at radius 3 is 2.50 bits per heavy atom. The number of rotatable bonds is 6. The molecule has 0 radical (unpaired) electrons. The van der Waals surface area contributed by atoms with Crippen molar-refractivity contribution in [3.63, 3.8) is 0 Å². The third kappa shape index (κ3) is 4.28. The smallest absolute Gasteiger partial charge is 0.185 e. The predicted octanol–water partition coefficient (Wildman–Crippen LogP) is 2.69. The molecule has 0 amide bonds. The summed E-state index contributed by atoms with van der Waals surface area (Å²) in [6, 6.07) is 0.273. The molecule has 0 aliphatic heterocycles. The monoisotopic (exact) mass is 263 g/mol. The van der Waals surface area contributed by atoms with Crippen LogP contribution in [0.3, 0.4) is 0 Å². The number of nitrogens with two attached hydrogens (primary N) is 1. The molecule has 1 atom stereocenters. The standard InChI is InChI=1S/C11H21N3S.ClH/c1-4-9(12)7-10-8-13-11(15-10)14(5-2)6-3;/h8-9H,4-7,12H2,1-3H3;1H. The van der Waals surface area contributed by atoms with E-state index < -0.39 is 0 Å². The van der Waals surface area contributed by atoms with Crippen molar-refractivity contribution in [2.45, 2.75) is 39.7 Å². The molecule has 0 spiro atoms. The fourth-order valence-electron chi connectivity index (χ4n) is 1.43. The SMILES string of the molecule is CCC(N)Cc1cnc(N(CC)CC)s1.Cl. The molecule has 0 aliphatic carbocycles. The molecule has 1 aromatic rings. The summed E-state index contributed by atoms with van der Waals surface area (Å²) in [6.07, 6.45) is 3.95. The van der Waals surface area contributed by atoms with E-state index in [-0.39, 0.29) is 18.4 Å². The first-order valence-electron chi connectivity index (χ1n) is 5.66. The molecule has 0 fully saturated rings. The Morgan fingerprint density at radius 2 is 2.00 bits per heavy atom. The van der Waals surface area contributed by atoms with E-state index in [1.807, 2.05) is 6.20 Å². The molecule has 1 unspecified atom stereocenters. The topological polar surface area (TPSA) is 42.1 Å². The number of nitrogens with zero attached hydrogens (tertiary/aromatic N) is 2. The lowest BCUT2D eigenvalue weighted by Crippen LogP contribution is -2.21. The minimum Gasteiger partial charge on any atom is -0.349 e. The fourth-order valence-corrected chi connectivity index (χ4v) is 2.56. The van der Waals surface area contributed by atoms with Crippen LogP contribution in [0.5, 0.6) is 0 Å². The minimum absolute atomic E-state index is 0. The lowest BCUT2D eigenvalue weighted by Gasteiger charge is -2.16. The molecule has 0 bridgehead atoms. The molecule has 0 saturated heterocycles. The van der Waals surface area contributed by atoms with Crippen LogP contribution in [-0.2, 0) is 6.42 Å². The molecule has 0 aliphatic rings. The third-order valence-electron chi connectivity index (χ3n) is 2.56. The summed E-state index contributed by atoms with van der Waals surface area (Å²) in [7, 11) is 0. The maximum absolute atomic E-state index is 5.92. The quantitative estimate of drug-likeness (QED) is 0.858. The van der Waals surface area contributed by atoms with Crippen LogP contribution in [0.1, 0.15) is 32.1 Å². The van der Waals surface area contributed by atoms with Crippen LogP contribution in [0, 0.1) is 0 Å². The van der Waals surface area contributed by atoms with Gasteiger partial charge in [-0.15, -0.1) is 23.7 Å². The molecule has 0 aromatic carbocycles. The van der Waals surface area contributed by atoms with E-state index in [0.29, 0.717) is 0 Å². The predicted molar refractivity (Wildman–Crippen MR) is 74.9 cm³/mol. The maximum Gasteiger partial charge on any atom is 0.185 e. The fraction of sp³-hybridized carbons (Fsp3) is 0.727. The highest BCUT2D eigenvalue weighted by Gasteiger charge is 2.09. The molecule has 5 heteroatoms. The Balaban J connectivity index is 0.00000225. The van der Waals surface area contributed by atoms with Crippen LogP contribution in [-0.4, -0.2) is 24.1 Å². The van der Waals surface area contributed by atoms with E-state index in [1.165, 1.54) is 4.88 Å². The van der Waals surface area contributed by atoms with Crippen molar-refractivity contribution in [3.05, 3.63) is 11.1 Å². The van der Waals surface area contributed by atoms with Crippen molar-refractivity contribution >= 4 is 28.9 Å². The zero-order chi connectivity index (χ0) is 11.3. The van der Waals surface area contributed by atoms with Crippen LogP contribution in [0.2, 0.25) is 0 Å². The van der Waals surface area contributed by atoms with E-state index >= 15 is 0 Å². The average molecular weight is 264 g/mol. The Labute approximate surface area is 108 Å². The van der Waals surface area contributed by atoms with E-state index in [2.05, 4.69) is 30.7 Å². The molecular weight excluding hydrogens is 242 g/mol. The number of hydrogen-bond acceptors (Lipinski definition) is 4. The van der Waals surface area contributed by atoms with Crippen molar-refractivity contribution in [3.8, 4) is 0 Å². The van der Waals surface area contributed by atoms with Gasteiger partial charge in [0.2, 0.25) is 0 Å². The van der Waals surface area contributed by atoms with Gasteiger partial charge in [-0.25, -0.2) is 4.98 Å². The van der Waals surface area contributed by atoms with E-state index in [4.69, 9.17) is 5.73 Å². The summed E-state index contributed by atoms with van der Waals surface area (Å²) < 4.78 is 0. The van der Waals surface area contributed by atoms with Crippen molar-refractivity contribution in [1.29, 1.82) is 0 Å². The Hall–Kier alpha value is -0.320. The highest BCUT2D eigenvalue weighted by atomic mass is 35.5. The summed E-state index contributed by atoms with van der Waals surface area (Å²) in [5, 5.41) is 1.12. The lowest BCUT2D eigenvalue weighted by molar-refractivity contribution is 0.651. The van der Waals surface area contributed by atoms with Gasteiger partial charge in [-0.3, -0.25) is 0 Å². The van der Waals surface area contributed by atoms with Gasteiger partial charge in [0.1, 0.15) is 0 Å². The minimum atomic E-state index is 0. The van der Waals surface area contributed by atoms with Crippen molar-refractivity contribution in [2.75, 3.05) is 18.0 Å². The zero-order valence-corrected chi connectivity index (χ0v) is 11.9. The van der Waals surface area contributed by atoms with Gasteiger partial charge in [-0.2, -0.15) is 0 Å². The van der Waals surface area contributed by atoms with Crippen molar-refractivity contribution in [2.24, 2.45) is 5.73 Å². The highest BCUT2D eigenvalue weighted by molar-refractivity contribution is 7.15. The second-order valence-electron chi connectivity index (χ2n) is 3.65. The Kier molecular flexibility index (Phi) is 7.72. The lowest BCUT2D eigenvalue weighted by atomic mass is 10.1. The van der Waals surface area contributed by atoms with Gasteiger partial charge in [-0.05, 0) is 26.7 Å². The Bertz CT molecular complexity index is 287. The van der Waals surface area contributed by atoms with Crippen LogP contribution < -0.4 is 10.6 Å². The molecule has 3 nitrogen and oxygen atoms in total. The summed E-state index contributed by atoms with van der Waals surface area (Å²) in [5.41, 5.74) is 5.92. The zero-order valence-electron chi connectivity index (χ0n) is 10.3. The molecule has 94 valence electrons. The van der Waals surface area contributed by atoms with Crippen molar-refractivity contribution in [1.82, 2.24) is 4.98 Å². The summed E-state index contributed by atoms with van der Waals surface area (Å²) in [4.78, 5) is 8.00. The summed E-state index contributed by atoms with van der Waals surface area (Å²) in [6.45, 7) is 8.47. The van der Waals surface area contributed by atoms with Crippen LogP contribution in [0.25, 0.3) is 0 Å². The Morgan fingerprint density at radius 1 is 1.38 bits per heavy atom. The number of anilines is 1. The van der Waals surface area contributed by atoms with Gasteiger partial charge in [0.15, 0.2) is 5.13 Å². The van der Waals surface area contributed by atoms with Crippen LogP contribution in [0.4, 0.5) is 5.13 Å². The summed E-state index contributed by atoms with van der Waals surface area (Å²) in [5.74, 6) is 0. The third-order valence-corrected chi connectivity index (χ3v) is 3.64. The molecule has 1 heterocycles. The second-order valence-corrected chi connectivity index (χ2v) is 4.75. The first kappa shape index (κ1) is 15.7. The normalized spacial score (nSPS) is 12.0. The van der Waals surface area contributed by atoms with Gasteiger partial charge in [0, 0.05) is 30.2 Å². The van der Waals surface area contributed by atoms with Gasteiger partial charge < -0.3 is 10.6 Å². The average Bonchev–Trinajstić information content (AvgIpc) is 2.68. The molecular formula is C11H22ClN3S. The van der Waals surface area contributed by atoms with E-state index in [0.717, 1.165) is 31.1 Å².